The van der Waals surface area contributed by atoms with Gasteiger partial charge in [-0.2, -0.15) is 0 Å². The zero-order valence-electron chi connectivity index (χ0n) is 3.50. The molecule has 0 aliphatic rings. The van der Waals surface area contributed by atoms with Crippen LogP contribution in [0.25, 0.3) is 0 Å². The highest BCUT2D eigenvalue weighted by Crippen LogP contribution is 1.90. The van der Waals surface area contributed by atoms with Gasteiger partial charge in [-0.15, -0.1) is 11.6 Å². The summed E-state index contributed by atoms with van der Waals surface area (Å²) in [6.07, 6.45) is 0. The van der Waals surface area contributed by atoms with Gasteiger partial charge >= 0.3 is 0 Å². The topological polar surface area (TPSA) is 12.4 Å². The molecule has 0 aromatic carbocycles. The molecule has 1 nitrogen and oxygen atoms in total. The van der Waals surface area contributed by atoms with Crippen molar-refractivity contribution >= 4 is 39.4 Å². The van der Waals surface area contributed by atoms with Crippen LogP contribution in [0.4, 0.5) is 0 Å². The molecule has 0 saturated heterocycles. The summed E-state index contributed by atoms with van der Waals surface area (Å²) in [7, 11) is 0. The number of nitrogens with zero attached hydrogens (tertiary/aromatic N) is 1. The Morgan fingerprint density at radius 3 is 2.14 bits per heavy atom. The first-order valence-electron chi connectivity index (χ1n) is 1.69. The Labute approximate surface area is 57.3 Å². The Hall–Kier alpha value is 0.540. The van der Waals surface area contributed by atoms with Crippen molar-refractivity contribution < 1.29 is 0 Å². The summed E-state index contributed by atoms with van der Waals surface area (Å²) in [5.41, 5.74) is 0. The molecule has 0 rings (SSSR count). The number of hydrogen-bond donors (Lipinski definition) is 0. The van der Waals surface area contributed by atoms with E-state index >= 15 is 0 Å². The number of hydrogen-bond acceptors (Lipinski definition) is 1. The van der Waals surface area contributed by atoms with E-state index in [2.05, 4.69) is 4.99 Å². The van der Waals surface area contributed by atoms with E-state index in [1.165, 1.54) is 0 Å². The van der Waals surface area contributed by atoms with E-state index in [9.17, 15) is 0 Å². The zero-order chi connectivity index (χ0) is 5.70. The van der Waals surface area contributed by atoms with Crippen LogP contribution < -0.4 is 0 Å². The molecule has 4 heteroatoms. The van der Waals surface area contributed by atoms with Crippen LogP contribution in [0.1, 0.15) is 0 Å². The molecule has 0 aromatic rings. The lowest BCUT2D eigenvalue weighted by Crippen LogP contribution is -1.80. The molecule has 0 heterocycles. The molecule has 0 unspecified atom stereocenters. The van der Waals surface area contributed by atoms with Crippen molar-refractivity contribution in [1.29, 1.82) is 0 Å². The lowest BCUT2D eigenvalue weighted by molar-refractivity contribution is 1.15. The average Bonchev–Trinajstić information content (AvgIpc) is 1.61. The second kappa shape index (κ2) is 4.69. The van der Waals surface area contributed by atoms with Crippen molar-refractivity contribution in [2.45, 2.75) is 0 Å². The Balaban J connectivity index is 3.08. The normalized spacial score (nSPS) is 8.43. The Morgan fingerprint density at radius 2 is 2.00 bits per heavy atom. The van der Waals surface area contributed by atoms with E-state index in [0.29, 0.717) is 12.4 Å². The summed E-state index contributed by atoms with van der Waals surface area (Å²) in [6.45, 7) is 0.490. The summed E-state index contributed by atoms with van der Waals surface area (Å²) < 4.78 is 0.0423. The fourth-order valence-corrected chi connectivity index (χ4v) is 0.380. The predicted octanol–water partition coefficient (Wildman–Crippen LogP) is 2.06. The van der Waals surface area contributed by atoms with Gasteiger partial charge in [-0.1, -0.05) is 0 Å². The van der Waals surface area contributed by atoms with E-state index < -0.39 is 0 Å². The quantitative estimate of drug-likeness (QED) is 0.433. The molecule has 0 atom stereocenters. The van der Waals surface area contributed by atoms with E-state index in [0.717, 1.165) is 0 Å². The van der Waals surface area contributed by atoms with Gasteiger partial charge in [0.1, 0.15) is 0 Å². The third-order valence-electron chi connectivity index (χ3n) is 0.316. The second-order valence-corrected chi connectivity index (χ2v) is 2.10. The van der Waals surface area contributed by atoms with E-state index in [1.807, 2.05) is 0 Å². The van der Waals surface area contributed by atoms with Crippen molar-refractivity contribution in [3.63, 3.8) is 0 Å². The SMILES string of the molecule is ClCCN=C(Cl)Cl. The van der Waals surface area contributed by atoms with Crippen molar-refractivity contribution in [2.75, 3.05) is 12.4 Å². The monoisotopic (exact) mass is 159 g/mol. The van der Waals surface area contributed by atoms with E-state index in [4.69, 9.17) is 34.8 Å². The molecule has 42 valence electrons. The molecule has 0 aliphatic carbocycles. The molecule has 0 spiro atoms. The number of rotatable bonds is 2. The van der Waals surface area contributed by atoms with Crippen molar-refractivity contribution in [1.82, 2.24) is 0 Å². The molecular weight excluding hydrogens is 156 g/mol. The standard InChI is InChI=1S/C3H4Cl3N/c4-1-2-7-3(5)6/h1-2H2. The first kappa shape index (κ1) is 7.54. The number of aliphatic imine (C=N–C) groups is 1. The van der Waals surface area contributed by atoms with Gasteiger partial charge < -0.3 is 0 Å². The van der Waals surface area contributed by atoms with Gasteiger partial charge in [-0.05, 0) is 23.2 Å². The average molecular weight is 160 g/mol. The molecule has 0 aromatic heterocycles. The molecule has 0 radical (unpaired) electrons. The number of halogens is 3. The molecule has 0 N–H and O–H groups in total. The third-order valence-corrected chi connectivity index (χ3v) is 0.724. The van der Waals surface area contributed by atoms with Gasteiger partial charge in [0.25, 0.3) is 0 Å². The number of alkyl halides is 1. The Bertz CT molecular complexity index is 66.6. The Kier molecular flexibility index (Phi) is 5.05. The predicted molar refractivity (Wildman–Crippen MR) is 34.7 cm³/mol. The van der Waals surface area contributed by atoms with Gasteiger partial charge in [-0.25, -0.2) is 0 Å². The largest absolute Gasteiger partial charge is 0.262 e. The van der Waals surface area contributed by atoms with Gasteiger partial charge in [0.05, 0.1) is 6.54 Å². The van der Waals surface area contributed by atoms with Crippen molar-refractivity contribution in [3.8, 4) is 0 Å². The van der Waals surface area contributed by atoms with Crippen LogP contribution in [0.5, 0.6) is 0 Å². The summed E-state index contributed by atoms with van der Waals surface area (Å²) in [6, 6.07) is 0. The van der Waals surface area contributed by atoms with Gasteiger partial charge in [0, 0.05) is 5.88 Å². The molecular formula is C3H4Cl3N. The summed E-state index contributed by atoms with van der Waals surface area (Å²) in [5, 5.41) is 0. The van der Waals surface area contributed by atoms with Gasteiger partial charge in [-0.3, -0.25) is 4.99 Å². The fourth-order valence-electron chi connectivity index (χ4n) is 0.127. The molecule has 0 aliphatic heterocycles. The highest BCUT2D eigenvalue weighted by molar-refractivity contribution is 6.95. The lowest BCUT2D eigenvalue weighted by atomic mass is 10.8. The van der Waals surface area contributed by atoms with E-state index in [-0.39, 0.29) is 4.63 Å². The van der Waals surface area contributed by atoms with Gasteiger partial charge in [0.15, 0.2) is 4.63 Å². The summed E-state index contributed by atoms with van der Waals surface area (Å²) in [5.74, 6) is 0.461. The van der Waals surface area contributed by atoms with Crippen LogP contribution in [-0.4, -0.2) is 17.1 Å². The maximum absolute atomic E-state index is 5.22. The van der Waals surface area contributed by atoms with Crippen LogP contribution in [0.3, 0.4) is 0 Å². The first-order chi connectivity index (χ1) is 3.27. The summed E-state index contributed by atoms with van der Waals surface area (Å²) >= 11 is 15.4. The van der Waals surface area contributed by atoms with Crippen LogP contribution in [0.2, 0.25) is 0 Å². The minimum absolute atomic E-state index is 0.0423. The highest BCUT2D eigenvalue weighted by atomic mass is 35.5. The second-order valence-electron chi connectivity index (χ2n) is 0.811. The molecule has 7 heavy (non-hydrogen) atoms. The van der Waals surface area contributed by atoms with Crippen LogP contribution in [0.15, 0.2) is 4.99 Å². The molecule has 0 bridgehead atoms. The smallest absolute Gasteiger partial charge is 0.192 e. The maximum atomic E-state index is 5.22. The fraction of sp³-hybridized carbons (Fsp3) is 0.667. The molecule has 0 amide bonds. The van der Waals surface area contributed by atoms with Crippen LogP contribution >= 0.6 is 34.8 Å². The summed E-state index contributed by atoms with van der Waals surface area (Å²) in [4.78, 5) is 3.56. The van der Waals surface area contributed by atoms with Crippen LogP contribution in [-0.2, 0) is 0 Å². The van der Waals surface area contributed by atoms with Crippen LogP contribution in [0, 0.1) is 0 Å². The Morgan fingerprint density at radius 1 is 1.43 bits per heavy atom. The van der Waals surface area contributed by atoms with Gasteiger partial charge in [0.2, 0.25) is 0 Å². The molecule has 0 saturated carbocycles. The maximum Gasteiger partial charge on any atom is 0.192 e. The van der Waals surface area contributed by atoms with Crippen molar-refractivity contribution in [2.24, 2.45) is 4.99 Å². The molecule has 0 fully saturated rings. The third kappa shape index (κ3) is 6.54. The first-order valence-corrected chi connectivity index (χ1v) is 2.98. The minimum Gasteiger partial charge on any atom is -0.262 e. The van der Waals surface area contributed by atoms with E-state index in [1.54, 1.807) is 0 Å². The van der Waals surface area contributed by atoms with Crippen molar-refractivity contribution in [3.05, 3.63) is 0 Å². The zero-order valence-corrected chi connectivity index (χ0v) is 5.76. The highest BCUT2D eigenvalue weighted by Gasteiger charge is 1.80. The lowest BCUT2D eigenvalue weighted by Gasteiger charge is -1.80. The minimum atomic E-state index is 0.0423.